The van der Waals surface area contributed by atoms with Gasteiger partial charge in [0.15, 0.2) is 11.5 Å². The minimum Gasteiger partial charge on any atom is -0.410 e. The number of piperazine rings is 1. The van der Waals surface area contributed by atoms with Crippen LogP contribution in [0.15, 0.2) is 36.4 Å². The predicted molar refractivity (Wildman–Crippen MR) is 102 cm³/mol. The second kappa shape index (κ2) is 8.04. The van der Waals surface area contributed by atoms with Gasteiger partial charge in [-0.1, -0.05) is 26.0 Å². The molecule has 1 aromatic heterocycles. The first-order valence-electron chi connectivity index (χ1n) is 9.05. The molecule has 7 heteroatoms. The molecule has 1 aliphatic rings. The predicted octanol–water partition coefficient (Wildman–Crippen LogP) is 3.18. The van der Waals surface area contributed by atoms with Crippen molar-refractivity contribution in [3.05, 3.63) is 47.7 Å². The minimum atomic E-state index is -0.343. The highest BCUT2D eigenvalue weighted by Crippen LogP contribution is 2.21. The second-order valence-corrected chi connectivity index (χ2v) is 6.97. The fraction of sp³-hybridized carbons (Fsp3) is 0.400. The van der Waals surface area contributed by atoms with Gasteiger partial charge in [-0.15, -0.1) is 10.2 Å². The number of nitriles is 1. The molecule has 1 aromatic carbocycles. The van der Waals surface area contributed by atoms with E-state index in [0.717, 1.165) is 0 Å². The molecule has 3 rings (SSSR count). The largest absolute Gasteiger partial charge is 0.415 e. The van der Waals surface area contributed by atoms with Crippen molar-refractivity contribution in [3.63, 3.8) is 0 Å². The number of hydrogen-bond donors (Lipinski definition) is 0. The summed E-state index contributed by atoms with van der Waals surface area (Å²) in [5.41, 5.74) is 1.50. The Morgan fingerprint density at radius 2 is 1.93 bits per heavy atom. The van der Waals surface area contributed by atoms with Crippen molar-refractivity contribution in [2.24, 2.45) is 0 Å². The summed E-state index contributed by atoms with van der Waals surface area (Å²) in [5, 5.41) is 16.8. The molecule has 140 valence electrons. The highest BCUT2D eigenvalue weighted by atomic mass is 16.6. The first-order chi connectivity index (χ1) is 13.0. The number of carbonyl (C=O) groups excluding carboxylic acids is 1. The Hall–Kier alpha value is -3.14. The number of benzene rings is 1. The third kappa shape index (κ3) is 4.34. The Morgan fingerprint density at radius 1 is 1.19 bits per heavy atom. The van der Waals surface area contributed by atoms with Crippen LogP contribution < -0.4 is 9.64 Å². The average Bonchev–Trinajstić information content (AvgIpc) is 2.68. The van der Waals surface area contributed by atoms with Crippen LogP contribution in [-0.2, 0) is 0 Å². The summed E-state index contributed by atoms with van der Waals surface area (Å²) in [7, 11) is 0. The van der Waals surface area contributed by atoms with E-state index in [1.54, 1.807) is 17.0 Å². The monoisotopic (exact) mass is 365 g/mol. The van der Waals surface area contributed by atoms with E-state index in [2.05, 4.69) is 28.9 Å². The zero-order valence-electron chi connectivity index (χ0n) is 15.8. The van der Waals surface area contributed by atoms with Gasteiger partial charge in [0.2, 0.25) is 0 Å². The molecular formula is C20H23N5O2. The first kappa shape index (κ1) is 18.6. The Morgan fingerprint density at radius 3 is 2.48 bits per heavy atom. The van der Waals surface area contributed by atoms with Crippen LogP contribution in [0, 0.1) is 11.3 Å². The number of aromatic nitrogens is 2. The fourth-order valence-electron chi connectivity index (χ4n) is 3.09. The lowest BCUT2D eigenvalue weighted by Crippen LogP contribution is -2.54. The Bertz CT molecular complexity index is 827. The minimum absolute atomic E-state index is 0.0665. The lowest BCUT2D eigenvalue weighted by Gasteiger charge is -2.39. The summed E-state index contributed by atoms with van der Waals surface area (Å²) >= 11 is 0. The molecule has 0 unspecified atom stereocenters. The maximum atomic E-state index is 12.5. The lowest BCUT2D eigenvalue weighted by molar-refractivity contribution is 0.142. The summed E-state index contributed by atoms with van der Waals surface area (Å²) in [6.45, 7) is 7.97. The van der Waals surface area contributed by atoms with Gasteiger partial charge in [0.25, 0.3) is 0 Å². The van der Waals surface area contributed by atoms with Crippen LogP contribution >= 0.6 is 0 Å². The van der Waals surface area contributed by atoms with Gasteiger partial charge in [-0.05, 0) is 42.7 Å². The summed E-state index contributed by atoms with van der Waals surface area (Å²) in [6.07, 6.45) is -0.343. The van der Waals surface area contributed by atoms with E-state index in [9.17, 15) is 4.79 Å². The van der Waals surface area contributed by atoms with Crippen molar-refractivity contribution in [3.8, 4) is 11.8 Å². The van der Waals surface area contributed by atoms with Gasteiger partial charge < -0.3 is 14.5 Å². The molecule has 0 saturated carbocycles. The number of anilines is 1. The van der Waals surface area contributed by atoms with Gasteiger partial charge in [0.05, 0.1) is 0 Å². The number of ether oxygens (including phenoxy) is 1. The normalized spacial score (nSPS) is 16.9. The number of carbonyl (C=O) groups is 1. The third-order valence-corrected chi connectivity index (χ3v) is 4.70. The van der Waals surface area contributed by atoms with E-state index >= 15 is 0 Å². The summed E-state index contributed by atoms with van der Waals surface area (Å²) < 4.78 is 5.51. The van der Waals surface area contributed by atoms with Crippen LogP contribution in [0.3, 0.4) is 0 Å². The molecule has 0 aliphatic carbocycles. The van der Waals surface area contributed by atoms with Crippen LogP contribution in [0.5, 0.6) is 5.75 Å². The van der Waals surface area contributed by atoms with Crippen molar-refractivity contribution < 1.29 is 9.53 Å². The maximum absolute atomic E-state index is 12.5. The zero-order chi connectivity index (χ0) is 19.4. The SMILES string of the molecule is CC(C)c1ccc(OC(=O)N2CCN(c3ccc(C#N)nn3)[C@@H](C)C2)cc1. The standard InChI is InChI=1S/C20H23N5O2/c1-14(2)16-4-7-18(8-5-16)27-20(26)24-10-11-25(15(3)13-24)19-9-6-17(12-21)22-23-19/h4-9,14-15H,10-11,13H2,1-3H3/t15-/m0/s1. The van der Waals surface area contributed by atoms with Gasteiger partial charge in [-0.2, -0.15) is 5.26 Å². The van der Waals surface area contributed by atoms with E-state index in [1.807, 2.05) is 37.3 Å². The number of nitrogens with zero attached hydrogens (tertiary/aromatic N) is 5. The molecule has 0 N–H and O–H groups in total. The molecular weight excluding hydrogens is 342 g/mol. The van der Waals surface area contributed by atoms with Crippen molar-refractivity contribution in [2.45, 2.75) is 32.7 Å². The average molecular weight is 365 g/mol. The molecule has 1 aliphatic heterocycles. The number of rotatable bonds is 3. The highest BCUT2D eigenvalue weighted by Gasteiger charge is 2.28. The molecule has 7 nitrogen and oxygen atoms in total. The molecule has 0 spiro atoms. The topological polar surface area (TPSA) is 82.4 Å². The Labute approximate surface area is 159 Å². The molecule has 1 fully saturated rings. The van der Waals surface area contributed by atoms with E-state index in [0.29, 0.717) is 37.1 Å². The zero-order valence-corrected chi connectivity index (χ0v) is 15.8. The first-order valence-corrected chi connectivity index (χ1v) is 9.05. The van der Waals surface area contributed by atoms with Crippen LogP contribution in [0.2, 0.25) is 0 Å². The van der Waals surface area contributed by atoms with Crippen molar-refractivity contribution in [1.29, 1.82) is 5.26 Å². The quantitative estimate of drug-likeness (QED) is 0.831. The molecule has 27 heavy (non-hydrogen) atoms. The molecule has 2 aromatic rings. The Balaban J connectivity index is 1.59. The molecule has 0 bridgehead atoms. The van der Waals surface area contributed by atoms with Crippen LogP contribution in [0.1, 0.15) is 37.9 Å². The smallest absolute Gasteiger partial charge is 0.410 e. The molecule has 1 saturated heterocycles. The third-order valence-electron chi connectivity index (χ3n) is 4.70. The van der Waals surface area contributed by atoms with Crippen LogP contribution in [0.4, 0.5) is 10.6 Å². The van der Waals surface area contributed by atoms with E-state index in [1.165, 1.54) is 5.56 Å². The van der Waals surface area contributed by atoms with Crippen LogP contribution in [0.25, 0.3) is 0 Å². The van der Waals surface area contributed by atoms with Crippen molar-refractivity contribution in [1.82, 2.24) is 15.1 Å². The van der Waals surface area contributed by atoms with Crippen LogP contribution in [-0.4, -0.2) is 46.9 Å². The summed E-state index contributed by atoms with van der Waals surface area (Å²) in [6, 6.07) is 13.1. The van der Waals surface area contributed by atoms with Gasteiger partial charge >= 0.3 is 6.09 Å². The van der Waals surface area contributed by atoms with E-state index < -0.39 is 0 Å². The maximum Gasteiger partial charge on any atom is 0.415 e. The van der Waals surface area contributed by atoms with Gasteiger partial charge in [0, 0.05) is 25.7 Å². The van der Waals surface area contributed by atoms with E-state index in [-0.39, 0.29) is 17.8 Å². The Kier molecular flexibility index (Phi) is 5.55. The van der Waals surface area contributed by atoms with Crippen molar-refractivity contribution in [2.75, 3.05) is 24.5 Å². The highest BCUT2D eigenvalue weighted by molar-refractivity contribution is 5.71. The fourth-order valence-corrected chi connectivity index (χ4v) is 3.09. The van der Waals surface area contributed by atoms with Gasteiger partial charge in [0.1, 0.15) is 11.8 Å². The van der Waals surface area contributed by atoms with E-state index in [4.69, 9.17) is 10.00 Å². The summed E-state index contributed by atoms with van der Waals surface area (Å²) in [4.78, 5) is 16.3. The molecule has 1 atom stereocenters. The van der Waals surface area contributed by atoms with Gasteiger partial charge in [-0.3, -0.25) is 0 Å². The molecule has 1 amide bonds. The van der Waals surface area contributed by atoms with Crippen molar-refractivity contribution >= 4 is 11.9 Å². The number of hydrogen-bond acceptors (Lipinski definition) is 6. The number of amides is 1. The summed E-state index contributed by atoms with van der Waals surface area (Å²) in [5.74, 6) is 1.70. The molecule has 2 heterocycles. The molecule has 0 radical (unpaired) electrons. The van der Waals surface area contributed by atoms with Gasteiger partial charge in [-0.25, -0.2) is 4.79 Å². The second-order valence-electron chi connectivity index (χ2n) is 6.97. The lowest BCUT2D eigenvalue weighted by atomic mass is 10.0.